The highest BCUT2D eigenvalue weighted by molar-refractivity contribution is 5.18. The molecule has 0 fully saturated rings. The van der Waals surface area contributed by atoms with Crippen LogP contribution in [0, 0.1) is 17.6 Å². The molecule has 1 atom stereocenters. The predicted molar refractivity (Wildman–Crippen MR) is 117 cm³/mol. The van der Waals surface area contributed by atoms with E-state index in [0.717, 1.165) is 31.7 Å². The van der Waals surface area contributed by atoms with Gasteiger partial charge in [0.1, 0.15) is 11.6 Å². The maximum atomic E-state index is 13.8. The third-order valence-electron chi connectivity index (χ3n) is 5.77. The molecule has 29 heavy (non-hydrogen) atoms. The standard InChI is InChI=1S/C25H42F2O2/c1-5-8-9-10-11-12-16-22(25(4,28-6-2)29-7-3)17-14-13-15-21-18-19-23(26)20-24(21)27/h18-20,22H,5-17H2,1-4H3. The minimum Gasteiger partial charge on any atom is -0.350 e. The molecule has 0 saturated heterocycles. The Morgan fingerprint density at radius 1 is 0.828 bits per heavy atom. The van der Waals surface area contributed by atoms with Gasteiger partial charge in [-0.25, -0.2) is 8.78 Å². The Bertz CT molecular complexity index is 542. The van der Waals surface area contributed by atoms with Crippen molar-refractivity contribution in [2.24, 2.45) is 5.92 Å². The maximum absolute atomic E-state index is 13.8. The van der Waals surface area contributed by atoms with Crippen LogP contribution in [0.4, 0.5) is 8.78 Å². The molecule has 1 aromatic rings. The Hall–Kier alpha value is -1.00. The van der Waals surface area contributed by atoms with E-state index in [1.54, 1.807) is 6.07 Å². The summed E-state index contributed by atoms with van der Waals surface area (Å²) in [5, 5.41) is 0. The van der Waals surface area contributed by atoms with E-state index in [1.807, 2.05) is 13.8 Å². The highest BCUT2D eigenvalue weighted by atomic mass is 19.1. The Balaban J connectivity index is 2.57. The summed E-state index contributed by atoms with van der Waals surface area (Å²) in [6.45, 7) is 9.59. The van der Waals surface area contributed by atoms with Gasteiger partial charge in [0, 0.05) is 25.2 Å². The molecule has 0 aromatic heterocycles. The smallest absolute Gasteiger partial charge is 0.168 e. The molecule has 2 nitrogen and oxygen atoms in total. The van der Waals surface area contributed by atoms with Crippen molar-refractivity contribution in [1.82, 2.24) is 0 Å². The van der Waals surface area contributed by atoms with E-state index in [9.17, 15) is 8.78 Å². The summed E-state index contributed by atoms with van der Waals surface area (Å²) < 4.78 is 39.0. The molecule has 0 aliphatic rings. The Kier molecular flexibility index (Phi) is 13.4. The summed E-state index contributed by atoms with van der Waals surface area (Å²) in [5.41, 5.74) is 0.594. The Morgan fingerprint density at radius 2 is 1.41 bits per heavy atom. The molecule has 0 heterocycles. The topological polar surface area (TPSA) is 18.5 Å². The number of ether oxygens (including phenoxy) is 2. The first kappa shape index (κ1) is 26.0. The zero-order valence-electron chi connectivity index (χ0n) is 19.1. The lowest BCUT2D eigenvalue weighted by Crippen LogP contribution is -2.41. The fraction of sp³-hybridized carbons (Fsp3) is 0.760. The molecule has 1 rings (SSSR count). The molecule has 0 N–H and O–H groups in total. The van der Waals surface area contributed by atoms with Crippen LogP contribution >= 0.6 is 0 Å². The van der Waals surface area contributed by atoms with Gasteiger partial charge in [-0.3, -0.25) is 0 Å². The van der Waals surface area contributed by atoms with Gasteiger partial charge in [-0.2, -0.15) is 0 Å². The summed E-state index contributed by atoms with van der Waals surface area (Å²) >= 11 is 0. The van der Waals surface area contributed by atoms with E-state index in [-0.39, 0.29) is 0 Å². The zero-order valence-corrected chi connectivity index (χ0v) is 19.1. The van der Waals surface area contributed by atoms with Crippen LogP contribution < -0.4 is 0 Å². The Morgan fingerprint density at radius 3 is 2.00 bits per heavy atom. The van der Waals surface area contributed by atoms with Gasteiger partial charge in [0.05, 0.1) is 0 Å². The monoisotopic (exact) mass is 412 g/mol. The van der Waals surface area contributed by atoms with Gasteiger partial charge in [0.25, 0.3) is 0 Å². The quantitative estimate of drug-likeness (QED) is 0.192. The number of halogens is 2. The van der Waals surface area contributed by atoms with E-state index >= 15 is 0 Å². The predicted octanol–water partition coefficient (Wildman–Crippen LogP) is 7.83. The largest absolute Gasteiger partial charge is 0.350 e. The summed E-state index contributed by atoms with van der Waals surface area (Å²) in [7, 11) is 0. The minimum atomic E-state index is -0.561. The second-order valence-electron chi connectivity index (χ2n) is 8.12. The molecule has 0 aliphatic heterocycles. The van der Waals surface area contributed by atoms with E-state index in [4.69, 9.17) is 9.47 Å². The van der Waals surface area contributed by atoms with Crippen LogP contribution in [0.15, 0.2) is 18.2 Å². The van der Waals surface area contributed by atoms with Gasteiger partial charge < -0.3 is 9.47 Å². The van der Waals surface area contributed by atoms with Crippen molar-refractivity contribution in [2.75, 3.05) is 13.2 Å². The van der Waals surface area contributed by atoms with Gasteiger partial charge in [0.15, 0.2) is 5.79 Å². The number of hydrogen-bond donors (Lipinski definition) is 0. The van der Waals surface area contributed by atoms with Crippen molar-refractivity contribution in [2.45, 2.75) is 104 Å². The number of benzene rings is 1. The van der Waals surface area contributed by atoms with Crippen molar-refractivity contribution >= 4 is 0 Å². The third-order valence-corrected chi connectivity index (χ3v) is 5.77. The van der Waals surface area contributed by atoms with Crippen molar-refractivity contribution < 1.29 is 18.3 Å². The highest BCUT2D eigenvalue weighted by Crippen LogP contribution is 2.33. The van der Waals surface area contributed by atoms with E-state index in [1.165, 1.54) is 44.6 Å². The molecule has 0 saturated carbocycles. The minimum absolute atomic E-state index is 0.326. The lowest BCUT2D eigenvalue weighted by molar-refractivity contribution is -0.254. The molecule has 0 aliphatic carbocycles. The number of rotatable bonds is 17. The van der Waals surface area contributed by atoms with Crippen LogP contribution in [-0.4, -0.2) is 19.0 Å². The summed E-state index contributed by atoms with van der Waals surface area (Å²) in [6, 6.07) is 3.86. The molecule has 0 spiro atoms. The molecular formula is C25H42F2O2. The molecule has 0 radical (unpaired) electrons. The van der Waals surface area contributed by atoms with Crippen LogP contribution in [0.3, 0.4) is 0 Å². The van der Waals surface area contributed by atoms with Crippen LogP contribution in [0.25, 0.3) is 0 Å². The van der Waals surface area contributed by atoms with Crippen LogP contribution in [0.5, 0.6) is 0 Å². The van der Waals surface area contributed by atoms with Crippen molar-refractivity contribution in [3.63, 3.8) is 0 Å². The average Bonchev–Trinajstić information content (AvgIpc) is 2.67. The first-order valence-corrected chi connectivity index (χ1v) is 11.7. The summed E-state index contributed by atoms with van der Waals surface area (Å²) in [4.78, 5) is 0. The second kappa shape index (κ2) is 14.9. The summed E-state index contributed by atoms with van der Waals surface area (Å²) in [6.07, 6.45) is 12.2. The highest BCUT2D eigenvalue weighted by Gasteiger charge is 2.34. The van der Waals surface area contributed by atoms with Crippen molar-refractivity contribution in [1.29, 1.82) is 0 Å². The molecule has 4 heteroatoms. The lowest BCUT2D eigenvalue weighted by Gasteiger charge is -2.37. The van der Waals surface area contributed by atoms with Gasteiger partial charge in [-0.1, -0.05) is 57.9 Å². The van der Waals surface area contributed by atoms with Crippen LogP contribution in [0.2, 0.25) is 0 Å². The molecule has 1 aromatic carbocycles. The third kappa shape index (κ3) is 10.0. The van der Waals surface area contributed by atoms with Crippen LogP contribution in [-0.2, 0) is 15.9 Å². The SMILES string of the molecule is CCCCCCCCC(CCCCc1ccc(F)cc1F)C(C)(OCC)OCC. The van der Waals surface area contributed by atoms with Crippen LogP contribution in [0.1, 0.15) is 97.5 Å². The van der Waals surface area contributed by atoms with Gasteiger partial charge >= 0.3 is 0 Å². The fourth-order valence-corrected chi connectivity index (χ4v) is 4.12. The van der Waals surface area contributed by atoms with E-state index in [2.05, 4.69) is 13.8 Å². The molecule has 0 amide bonds. The lowest BCUT2D eigenvalue weighted by atomic mass is 9.87. The van der Waals surface area contributed by atoms with E-state index < -0.39 is 17.4 Å². The van der Waals surface area contributed by atoms with Gasteiger partial charge in [-0.15, -0.1) is 0 Å². The molecular weight excluding hydrogens is 370 g/mol. The molecule has 0 bridgehead atoms. The number of aryl methyl sites for hydroxylation is 1. The molecule has 168 valence electrons. The average molecular weight is 413 g/mol. The first-order valence-electron chi connectivity index (χ1n) is 11.7. The van der Waals surface area contributed by atoms with Crippen molar-refractivity contribution in [3.8, 4) is 0 Å². The van der Waals surface area contributed by atoms with Gasteiger partial charge in [-0.05, 0) is 58.1 Å². The van der Waals surface area contributed by atoms with Crippen molar-refractivity contribution in [3.05, 3.63) is 35.4 Å². The van der Waals surface area contributed by atoms with Gasteiger partial charge in [0.2, 0.25) is 0 Å². The first-order chi connectivity index (χ1) is 14.0. The zero-order chi connectivity index (χ0) is 21.5. The molecule has 1 unspecified atom stereocenters. The normalized spacial score (nSPS) is 13.0. The number of hydrogen-bond acceptors (Lipinski definition) is 2. The number of unbranched alkanes of at least 4 members (excludes halogenated alkanes) is 6. The second-order valence-corrected chi connectivity index (χ2v) is 8.12. The Labute approximate surface area is 177 Å². The maximum Gasteiger partial charge on any atom is 0.168 e. The fourth-order valence-electron chi connectivity index (χ4n) is 4.12. The van der Waals surface area contributed by atoms with E-state index in [0.29, 0.717) is 31.1 Å². The summed E-state index contributed by atoms with van der Waals surface area (Å²) in [5.74, 6) is -1.20.